The minimum Gasteiger partial charge on any atom is -0.476 e. The van der Waals surface area contributed by atoms with Gasteiger partial charge in [-0.3, -0.25) is 18.1 Å². The Morgan fingerprint density at radius 3 is 2.90 bits per heavy atom. The number of halogens is 1. The zero-order valence-corrected chi connectivity index (χ0v) is 17.7. The molecule has 2 aliphatic heterocycles. The number of fused-ring (bicyclic) bond motifs is 2. The van der Waals surface area contributed by atoms with Crippen LogP contribution in [0.4, 0.5) is 10.3 Å². The fourth-order valence-corrected chi connectivity index (χ4v) is 5.17. The molecule has 14 heteroatoms. The van der Waals surface area contributed by atoms with Gasteiger partial charge in [-0.2, -0.15) is 9.97 Å². The van der Waals surface area contributed by atoms with E-state index in [9.17, 15) is 9.67 Å². The number of aromatic nitrogens is 4. The number of nitrogens with two attached hydrogens (primary N) is 1. The lowest BCUT2D eigenvalue weighted by molar-refractivity contribution is -0.220. The summed E-state index contributed by atoms with van der Waals surface area (Å²) in [6.07, 6.45) is -2.27. The Morgan fingerprint density at radius 1 is 1.50 bits per heavy atom. The summed E-state index contributed by atoms with van der Waals surface area (Å²) in [5.74, 6) is -2.56. The van der Waals surface area contributed by atoms with Crippen molar-refractivity contribution >= 4 is 24.9 Å². The number of alkyl halides is 1. The summed E-state index contributed by atoms with van der Waals surface area (Å²) in [4.78, 5) is 12.3. The highest BCUT2D eigenvalue weighted by atomic mass is 31.2. The van der Waals surface area contributed by atoms with Gasteiger partial charge in [0.15, 0.2) is 23.5 Å². The first-order chi connectivity index (χ1) is 14.0. The van der Waals surface area contributed by atoms with Crippen molar-refractivity contribution in [1.82, 2.24) is 19.5 Å². The molecule has 2 fully saturated rings. The van der Waals surface area contributed by atoms with Crippen LogP contribution < -0.4 is 10.5 Å². The van der Waals surface area contributed by atoms with E-state index in [4.69, 9.17) is 28.8 Å². The maximum Gasteiger partial charge on any atom is 0.475 e. The number of aliphatic hydroxyl groups is 1. The molecule has 1 unspecified atom stereocenters. The van der Waals surface area contributed by atoms with Gasteiger partial charge in [0.1, 0.15) is 12.2 Å². The van der Waals surface area contributed by atoms with Crippen molar-refractivity contribution in [2.75, 3.05) is 18.9 Å². The summed E-state index contributed by atoms with van der Waals surface area (Å²) in [5.41, 5.74) is 4.15. The number of anilines is 1. The van der Waals surface area contributed by atoms with Crippen molar-refractivity contribution in [3.8, 4) is 5.88 Å². The molecule has 2 aromatic rings. The average molecular weight is 447 g/mol. The molecule has 0 aliphatic carbocycles. The molecule has 0 bridgehead atoms. The number of hydrogen-bond acceptors (Lipinski definition) is 11. The van der Waals surface area contributed by atoms with Crippen molar-refractivity contribution in [3.05, 3.63) is 6.33 Å². The lowest BCUT2D eigenvalue weighted by Gasteiger charge is -2.37. The van der Waals surface area contributed by atoms with Gasteiger partial charge in [-0.1, -0.05) is 0 Å². The number of nitrogen functional groups attached to an aromatic ring is 1. The molecule has 166 valence electrons. The van der Waals surface area contributed by atoms with Gasteiger partial charge < -0.3 is 20.3 Å². The Labute approximate surface area is 171 Å². The van der Waals surface area contributed by atoms with Crippen molar-refractivity contribution < 1.29 is 37.1 Å². The zero-order valence-electron chi connectivity index (χ0n) is 16.8. The van der Waals surface area contributed by atoms with E-state index in [0.717, 1.165) is 0 Å². The number of ether oxygens (including phenoxy) is 2. The second-order valence-corrected chi connectivity index (χ2v) is 9.06. The predicted molar refractivity (Wildman–Crippen MR) is 100 cm³/mol. The molecule has 2 saturated heterocycles. The molecular weight excluding hydrogens is 424 g/mol. The van der Waals surface area contributed by atoms with Crippen molar-refractivity contribution in [3.63, 3.8) is 0 Å². The van der Waals surface area contributed by atoms with E-state index < -0.39 is 44.3 Å². The quantitative estimate of drug-likeness (QED) is 0.644. The van der Waals surface area contributed by atoms with E-state index in [2.05, 4.69) is 15.0 Å². The molecule has 4 heterocycles. The smallest absolute Gasteiger partial charge is 0.475 e. The van der Waals surface area contributed by atoms with Crippen molar-refractivity contribution in [2.24, 2.45) is 0 Å². The largest absolute Gasteiger partial charge is 0.476 e. The minimum atomic E-state index is -4.11. The molecule has 5 atom stereocenters. The molecule has 0 saturated carbocycles. The highest BCUT2D eigenvalue weighted by Gasteiger charge is 2.69. The molecule has 30 heavy (non-hydrogen) atoms. The van der Waals surface area contributed by atoms with Gasteiger partial charge in [-0.05, 0) is 27.7 Å². The molecule has 3 N–H and O–H groups in total. The topological polar surface area (TPSA) is 153 Å². The number of phosphoric acid groups is 1. The average Bonchev–Trinajstić information content (AvgIpc) is 3.13. The van der Waals surface area contributed by atoms with E-state index in [-0.39, 0.29) is 23.0 Å². The second kappa shape index (κ2) is 7.08. The third-order valence-corrected chi connectivity index (χ3v) is 6.26. The molecule has 2 aromatic heterocycles. The van der Waals surface area contributed by atoms with Crippen LogP contribution in [-0.2, 0) is 22.9 Å². The van der Waals surface area contributed by atoms with E-state index >= 15 is 4.39 Å². The second-order valence-electron chi connectivity index (χ2n) is 7.49. The van der Waals surface area contributed by atoms with E-state index in [1.54, 1.807) is 20.8 Å². The summed E-state index contributed by atoms with van der Waals surface area (Å²) in [7, 11) is -4.11. The Hall–Kier alpha value is -1.89. The van der Waals surface area contributed by atoms with Crippen LogP contribution in [0.25, 0.3) is 11.2 Å². The van der Waals surface area contributed by atoms with Gasteiger partial charge in [0.25, 0.3) is 5.85 Å². The maximum atomic E-state index is 15.5. The Bertz CT molecular complexity index is 1020. The third-order valence-electron chi connectivity index (χ3n) is 4.66. The van der Waals surface area contributed by atoms with Gasteiger partial charge in [0, 0.05) is 0 Å². The summed E-state index contributed by atoms with van der Waals surface area (Å²) in [6, 6.07) is 0. The fourth-order valence-electron chi connectivity index (χ4n) is 3.52. The molecular formula is C16H23FN5O7P. The van der Waals surface area contributed by atoms with Crippen LogP contribution >= 0.6 is 7.82 Å². The molecule has 12 nitrogen and oxygen atoms in total. The first kappa shape index (κ1) is 21.3. The summed E-state index contributed by atoms with van der Waals surface area (Å²) in [6.45, 7) is 5.83. The van der Waals surface area contributed by atoms with Crippen LogP contribution in [0.15, 0.2) is 6.33 Å². The van der Waals surface area contributed by atoms with Crippen molar-refractivity contribution in [1.29, 1.82) is 0 Å². The SMILES string of the molecule is CCOc1nc(N)nc2c1ncn2[C@@H]1O[C@]2(F)CO[P@@](=O)(OC(C)C)OC2[C@@]1(C)O. The fraction of sp³-hybridized carbons (Fsp3) is 0.688. The number of rotatable bonds is 5. The molecule has 2 aliphatic rings. The summed E-state index contributed by atoms with van der Waals surface area (Å²) < 4.78 is 55.9. The van der Waals surface area contributed by atoms with Crippen LogP contribution in [0, 0.1) is 0 Å². The number of phosphoric ester groups is 1. The van der Waals surface area contributed by atoms with E-state index in [0.29, 0.717) is 6.61 Å². The minimum absolute atomic E-state index is 0.105. The molecule has 0 amide bonds. The van der Waals surface area contributed by atoms with Gasteiger partial charge in [-0.15, -0.1) is 0 Å². The molecule has 0 spiro atoms. The number of imidazole rings is 1. The van der Waals surface area contributed by atoms with Crippen LogP contribution in [-0.4, -0.2) is 61.5 Å². The van der Waals surface area contributed by atoms with Gasteiger partial charge in [0.05, 0.1) is 19.0 Å². The van der Waals surface area contributed by atoms with E-state index in [1.807, 2.05) is 0 Å². The number of hydrogen-bond donors (Lipinski definition) is 2. The first-order valence-electron chi connectivity index (χ1n) is 9.32. The first-order valence-corrected chi connectivity index (χ1v) is 10.8. The van der Waals surface area contributed by atoms with Crippen LogP contribution in [0.2, 0.25) is 0 Å². The maximum absolute atomic E-state index is 15.5. The molecule has 0 radical (unpaired) electrons. The highest BCUT2D eigenvalue weighted by Crippen LogP contribution is 2.62. The normalized spacial score (nSPS) is 36.4. The highest BCUT2D eigenvalue weighted by molar-refractivity contribution is 7.48. The van der Waals surface area contributed by atoms with Gasteiger partial charge in [-0.25, -0.2) is 13.9 Å². The van der Waals surface area contributed by atoms with Crippen LogP contribution in [0.3, 0.4) is 0 Å². The lowest BCUT2D eigenvalue weighted by atomic mass is 9.95. The summed E-state index contributed by atoms with van der Waals surface area (Å²) in [5, 5.41) is 11.2. The molecule has 0 aromatic carbocycles. The zero-order chi connectivity index (χ0) is 21.9. The monoisotopic (exact) mass is 447 g/mol. The Kier molecular flexibility index (Phi) is 5.03. The summed E-state index contributed by atoms with van der Waals surface area (Å²) >= 11 is 0. The molecule has 4 rings (SSSR count). The van der Waals surface area contributed by atoms with Crippen molar-refractivity contribution in [2.45, 2.75) is 57.6 Å². The predicted octanol–water partition coefficient (Wildman–Crippen LogP) is 1.70. The van der Waals surface area contributed by atoms with Gasteiger partial charge >= 0.3 is 7.82 Å². The van der Waals surface area contributed by atoms with Crippen LogP contribution in [0.1, 0.15) is 33.9 Å². The lowest BCUT2D eigenvalue weighted by Crippen LogP contribution is -2.52. The Balaban J connectivity index is 1.74. The number of nitrogens with zero attached hydrogens (tertiary/aromatic N) is 4. The van der Waals surface area contributed by atoms with E-state index in [1.165, 1.54) is 17.8 Å². The Morgan fingerprint density at radius 2 is 2.23 bits per heavy atom. The standard InChI is InChI=1S/C16H23FN5O7P/c1-5-25-11-9-10(20-14(18)21-11)22(7-19-9)13-15(4,23)12-16(17,27-13)6-26-30(24,29-12)28-8(2)3/h7-8,12-13,23H,5-6H2,1-4H3,(H2,18,20,21)/t12?,13-,15-,16-,30+/m1/s1. The van der Waals surface area contributed by atoms with Gasteiger partial charge in [0.2, 0.25) is 11.8 Å². The van der Waals surface area contributed by atoms with Crippen LogP contribution in [0.5, 0.6) is 5.88 Å². The third kappa shape index (κ3) is 3.35.